The van der Waals surface area contributed by atoms with Gasteiger partial charge in [0.05, 0.1) is 16.6 Å². The summed E-state index contributed by atoms with van der Waals surface area (Å²) in [5.74, 6) is 0.263. The van der Waals surface area contributed by atoms with Crippen LogP contribution < -0.4 is 20.3 Å². The molecule has 2 rings (SSSR count). The number of benzene rings is 2. The van der Waals surface area contributed by atoms with Crippen molar-refractivity contribution in [1.29, 1.82) is 0 Å². The lowest BCUT2D eigenvalue weighted by molar-refractivity contribution is -0.123. The smallest absolute Gasteiger partial charge is 0.276 e. The molecule has 2 N–H and O–H groups in total. The summed E-state index contributed by atoms with van der Waals surface area (Å²) in [6.45, 7) is 4.25. The molecule has 0 fully saturated rings. The van der Waals surface area contributed by atoms with Crippen LogP contribution in [-0.4, -0.2) is 25.0 Å². The van der Waals surface area contributed by atoms with Gasteiger partial charge in [0, 0.05) is 5.02 Å². The zero-order valence-corrected chi connectivity index (χ0v) is 17.3. The van der Waals surface area contributed by atoms with Gasteiger partial charge in [0.2, 0.25) is 0 Å². The van der Waals surface area contributed by atoms with Crippen LogP contribution in [0.25, 0.3) is 0 Å². The average Bonchev–Trinajstić information content (AvgIpc) is 2.64. The van der Waals surface area contributed by atoms with Crippen LogP contribution >= 0.6 is 27.5 Å². The van der Waals surface area contributed by atoms with Crippen LogP contribution in [0.2, 0.25) is 5.02 Å². The summed E-state index contributed by atoms with van der Waals surface area (Å²) in [4.78, 5) is 24.2. The van der Waals surface area contributed by atoms with Gasteiger partial charge in [-0.25, -0.2) is 0 Å². The summed E-state index contributed by atoms with van der Waals surface area (Å²) >= 11 is 9.15. The van der Waals surface area contributed by atoms with Gasteiger partial charge in [-0.05, 0) is 52.2 Å². The Morgan fingerprint density at radius 3 is 2.52 bits per heavy atom. The van der Waals surface area contributed by atoms with Gasteiger partial charge in [-0.3, -0.25) is 20.4 Å². The summed E-state index contributed by atoms with van der Waals surface area (Å²) in [5.41, 5.74) is 5.00. The highest BCUT2D eigenvalue weighted by atomic mass is 79.9. The predicted octanol–water partition coefficient (Wildman–Crippen LogP) is 3.98. The third-order valence-corrected chi connectivity index (χ3v) is 4.13. The lowest BCUT2D eigenvalue weighted by Crippen LogP contribution is -2.44. The molecule has 0 saturated carbocycles. The van der Waals surface area contributed by atoms with Crippen LogP contribution in [-0.2, 0) is 4.79 Å². The highest BCUT2D eigenvalue weighted by Crippen LogP contribution is 2.27. The van der Waals surface area contributed by atoms with Crippen molar-refractivity contribution < 1.29 is 19.1 Å². The second kappa shape index (κ2) is 10.2. The van der Waals surface area contributed by atoms with Crippen LogP contribution in [0.1, 0.15) is 24.2 Å². The maximum absolute atomic E-state index is 12.3. The molecule has 144 valence electrons. The molecule has 0 bridgehead atoms. The van der Waals surface area contributed by atoms with Gasteiger partial charge in [-0.2, -0.15) is 0 Å². The van der Waals surface area contributed by atoms with Crippen molar-refractivity contribution >= 4 is 39.3 Å². The molecule has 0 saturated heterocycles. The standard InChI is InChI=1S/C19H20BrClN2O4/c1-12(2)10-26-16-6-4-3-5-14(16)19(25)23-22-18(24)11-27-17-8-7-13(21)9-15(17)20/h3-9,12H,10-11H2,1-2H3,(H,22,24)(H,23,25). The maximum atomic E-state index is 12.3. The Balaban J connectivity index is 1.87. The van der Waals surface area contributed by atoms with E-state index in [2.05, 4.69) is 26.8 Å². The molecule has 0 spiro atoms. The first-order chi connectivity index (χ1) is 12.9. The molecule has 2 aromatic rings. The summed E-state index contributed by atoms with van der Waals surface area (Å²) < 4.78 is 11.7. The van der Waals surface area contributed by atoms with E-state index in [1.54, 1.807) is 42.5 Å². The fourth-order valence-electron chi connectivity index (χ4n) is 2.00. The Morgan fingerprint density at radius 2 is 1.81 bits per heavy atom. The molecule has 27 heavy (non-hydrogen) atoms. The van der Waals surface area contributed by atoms with Crippen molar-refractivity contribution in [3.8, 4) is 11.5 Å². The second-order valence-electron chi connectivity index (χ2n) is 6.07. The topological polar surface area (TPSA) is 76.7 Å². The predicted molar refractivity (Wildman–Crippen MR) is 107 cm³/mol. The molecule has 0 atom stereocenters. The number of rotatable bonds is 7. The second-order valence-corrected chi connectivity index (χ2v) is 7.36. The molecule has 0 aliphatic carbocycles. The largest absolute Gasteiger partial charge is 0.492 e. The molecule has 8 heteroatoms. The molecule has 0 unspecified atom stereocenters. The normalized spacial score (nSPS) is 10.4. The zero-order chi connectivity index (χ0) is 19.8. The summed E-state index contributed by atoms with van der Waals surface area (Å²) in [6.07, 6.45) is 0. The van der Waals surface area contributed by atoms with Crippen molar-refractivity contribution in [2.45, 2.75) is 13.8 Å². The highest BCUT2D eigenvalue weighted by molar-refractivity contribution is 9.10. The van der Waals surface area contributed by atoms with Crippen LogP contribution in [0, 0.1) is 5.92 Å². The van der Waals surface area contributed by atoms with Gasteiger partial charge in [0.25, 0.3) is 11.8 Å². The molecule has 6 nitrogen and oxygen atoms in total. The van der Waals surface area contributed by atoms with Crippen molar-refractivity contribution in [3.05, 3.63) is 57.5 Å². The third kappa shape index (κ3) is 6.77. The van der Waals surface area contributed by atoms with E-state index in [9.17, 15) is 9.59 Å². The summed E-state index contributed by atoms with van der Waals surface area (Å²) in [7, 11) is 0. The Kier molecular flexibility index (Phi) is 7.94. The van der Waals surface area contributed by atoms with Gasteiger partial charge in [0.15, 0.2) is 6.61 Å². The molecule has 0 radical (unpaired) electrons. The summed E-state index contributed by atoms with van der Waals surface area (Å²) in [5, 5.41) is 0.546. The molecular formula is C19H20BrClN2O4. The number of hydrogen-bond acceptors (Lipinski definition) is 4. The minimum atomic E-state index is -0.509. The molecule has 0 aliphatic heterocycles. The highest BCUT2D eigenvalue weighted by Gasteiger charge is 2.14. The van der Waals surface area contributed by atoms with Crippen molar-refractivity contribution in [2.75, 3.05) is 13.2 Å². The van der Waals surface area contributed by atoms with E-state index in [0.29, 0.717) is 39.1 Å². The monoisotopic (exact) mass is 454 g/mol. The van der Waals surface area contributed by atoms with Gasteiger partial charge in [-0.1, -0.05) is 37.6 Å². The number of hydrazine groups is 1. The van der Waals surface area contributed by atoms with Crippen LogP contribution in [0.4, 0.5) is 0 Å². The fourth-order valence-corrected chi connectivity index (χ4v) is 2.80. The Morgan fingerprint density at radius 1 is 1.07 bits per heavy atom. The quantitative estimate of drug-likeness (QED) is 0.619. The van der Waals surface area contributed by atoms with Gasteiger partial charge < -0.3 is 9.47 Å². The maximum Gasteiger partial charge on any atom is 0.276 e. The molecule has 2 amide bonds. The van der Waals surface area contributed by atoms with Gasteiger partial charge >= 0.3 is 0 Å². The van der Waals surface area contributed by atoms with E-state index in [0.717, 1.165) is 0 Å². The molecule has 0 aromatic heterocycles. The number of amides is 2. The number of hydrogen-bond donors (Lipinski definition) is 2. The third-order valence-electron chi connectivity index (χ3n) is 3.27. The Bertz CT molecular complexity index is 814. The van der Waals surface area contributed by atoms with Crippen LogP contribution in [0.15, 0.2) is 46.9 Å². The van der Waals surface area contributed by atoms with E-state index >= 15 is 0 Å². The van der Waals surface area contributed by atoms with Crippen molar-refractivity contribution in [3.63, 3.8) is 0 Å². The lowest BCUT2D eigenvalue weighted by Gasteiger charge is -2.14. The molecular weight excluding hydrogens is 436 g/mol. The Labute approximate surface area is 171 Å². The van der Waals surface area contributed by atoms with Crippen molar-refractivity contribution in [2.24, 2.45) is 5.92 Å². The SMILES string of the molecule is CC(C)COc1ccccc1C(=O)NNC(=O)COc1ccc(Cl)cc1Br. The van der Waals surface area contributed by atoms with E-state index < -0.39 is 11.8 Å². The summed E-state index contributed by atoms with van der Waals surface area (Å²) in [6, 6.07) is 11.8. The number of para-hydroxylation sites is 1. The molecule has 2 aromatic carbocycles. The number of carbonyl (C=O) groups excluding carboxylic acids is 2. The first-order valence-corrected chi connectivity index (χ1v) is 9.42. The number of halogens is 2. The van der Waals surface area contributed by atoms with Gasteiger partial charge in [0.1, 0.15) is 11.5 Å². The Hall–Kier alpha value is -2.25. The first-order valence-electron chi connectivity index (χ1n) is 8.25. The molecule has 0 heterocycles. The van der Waals surface area contributed by atoms with E-state index in [4.69, 9.17) is 21.1 Å². The van der Waals surface area contributed by atoms with Crippen LogP contribution in [0.5, 0.6) is 11.5 Å². The minimum Gasteiger partial charge on any atom is -0.492 e. The number of nitrogens with one attached hydrogen (secondary N) is 2. The zero-order valence-electron chi connectivity index (χ0n) is 14.9. The molecule has 0 aliphatic rings. The van der Waals surface area contributed by atoms with E-state index in [-0.39, 0.29) is 6.61 Å². The van der Waals surface area contributed by atoms with E-state index in [1.165, 1.54) is 0 Å². The number of ether oxygens (including phenoxy) is 2. The van der Waals surface area contributed by atoms with E-state index in [1.807, 2.05) is 13.8 Å². The fraction of sp³-hybridized carbons (Fsp3) is 0.263. The van der Waals surface area contributed by atoms with Gasteiger partial charge in [-0.15, -0.1) is 0 Å². The van der Waals surface area contributed by atoms with Crippen LogP contribution in [0.3, 0.4) is 0 Å². The lowest BCUT2D eigenvalue weighted by atomic mass is 10.2. The minimum absolute atomic E-state index is 0.272. The first kappa shape index (κ1) is 21.1. The van der Waals surface area contributed by atoms with Crippen molar-refractivity contribution in [1.82, 2.24) is 10.9 Å². The average molecular weight is 456 g/mol. The number of carbonyl (C=O) groups is 2.